The number of para-hydroxylation sites is 1. The van der Waals surface area contributed by atoms with Crippen LogP contribution in [-0.2, 0) is 4.79 Å². The molecule has 168 valence electrons. The van der Waals surface area contributed by atoms with Crippen molar-refractivity contribution in [3.05, 3.63) is 95.6 Å². The summed E-state index contributed by atoms with van der Waals surface area (Å²) in [4.78, 5) is 33.9. The summed E-state index contributed by atoms with van der Waals surface area (Å²) in [6.45, 7) is 0.379. The zero-order chi connectivity index (χ0) is 23.2. The second-order valence-corrected chi connectivity index (χ2v) is 8.36. The minimum atomic E-state index is -1.35. The molecule has 2 fully saturated rings. The van der Waals surface area contributed by atoms with Gasteiger partial charge in [0, 0.05) is 31.0 Å². The number of pyridine rings is 1. The van der Waals surface area contributed by atoms with E-state index in [0.717, 1.165) is 11.4 Å². The summed E-state index contributed by atoms with van der Waals surface area (Å²) >= 11 is 0. The van der Waals surface area contributed by atoms with Crippen LogP contribution in [0.3, 0.4) is 0 Å². The van der Waals surface area contributed by atoms with Crippen LogP contribution in [0, 0.1) is 22.9 Å². The van der Waals surface area contributed by atoms with Crippen LogP contribution >= 0.6 is 0 Å². The van der Waals surface area contributed by atoms with Gasteiger partial charge in [0.1, 0.15) is 5.82 Å². The fraction of sp³-hybridized carbons (Fsp3) is 0.240. The number of amides is 2. The number of halogens is 3. The number of nitrogens with zero attached hydrogens (tertiary/aromatic N) is 3. The molecule has 0 bridgehead atoms. The van der Waals surface area contributed by atoms with E-state index in [9.17, 15) is 22.8 Å². The number of carbonyl (C=O) groups is 2. The number of likely N-dealkylation sites (tertiary alicyclic amines) is 1. The van der Waals surface area contributed by atoms with Crippen LogP contribution in [0.4, 0.5) is 18.9 Å². The first-order valence-corrected chi connectivity index (χ1v) is 10.7. The van der Waals surface area contributed by atoms with Gasteiger partial charge in [-0.2, -0.15) is 0 Å². The number of aromatic nitrogens is 1. The fourth-order valence-corrected chi connectivity index (χ4v) is 4.92. The number of β-lactam (4-membered cyclic amide) rings is 1. The summed E-state index contributed by atoms with van der Waals surface area (Å²) in [6.07, 6.45) is 2.39. The maximum atomic E-state index is 14.1. The molecular formula is C25H20F3N3O2. The highest BCUT2D eigenvalue weighted by Gasteiger charge is 2.62. The van der Waals surface area contributed by atoms with E-state index >= 15 is 0 Å². The molecule has 8 heteroatoms. The number of benzene rings is 2. The first kappa shape index (κ1) is 21.2. The van der Waals surface area contributed by atoms with Gasteiger partial charge < -0.3 is 9.80 Å². The van der Waals surface area contributed by atoms with E-state index in [1.165, 1.54) is 4.90 Å². The molecule has 0 radical (unpaired) electrons. The normalized spacial score (nSPS) is 19.5. The molecule has 3 aromatic rings. The molecule has 1 atom stereocenters. The van der Waals surface area contributed by atoms with Gasteiger partial charge in [-0.05, 0) is 43.2 Å². The molecule has 5 nitrogen and oxygen atoms in total. The second-order valence-electron chi connectivity index (χ2n) is 8.36. The quantitative estimate of drug-likeness (QED) is 0.435. The predicted molar refractivity (Wildman–Crippen MR) is 115 cm³/mol. The largest absolute Gasteiger partial charge is 0.338 e. The summed E-state index contributed by atoms with van der Waals surface area (Å²) in [5.74, 6) is -4.50. The first-order valence-electron chi connectivity index (χ1n) is 10.7. The fourth-order valence-electron chi connectivity index (χ4n) is 4.92. The van der Waals surface area contributed by atoms with Crippen molar-refractivity contribution in [3.63, 3.8) is 0 Å². The van der Waals surface area contributed by atoms with E-state index in [4.69, 9.17) is 0 Å². The van der Waals surface area contributed by atoms with E-state index < -0.39 is 34.3 Å². The van der Waals surface area contributed by atoms with Gasteiger partial charge in [-0.3, -0.25) is 14.6 Å². The van der Waals surface area contributed by atoms with E-state index in [2.05, 4.69) is 4.98 Å². The summed E-state index contributed by atoms with van der Waals surface area (Å²) < 4.78 is 41.0. The maximum Gasteiger partial charge on any atom is 0.256 e. The molecule has 2 aliphatic rings. The minimum Gasteiger partial charge on any atom is -0.338 e. The van der Waals surface area contributed by atoms with Crippen LogP contribution in [0.2, 0.25) is 0 Å². The smallest absolute Gasteiger partial charge is 0.256 e. The van der Waals surface area contributed by atoms with Crippen LogP contribution in [0.15, 0.2) is 66.9 Å². The van der Waals surface area contributed by atoms with E-state index in [-0.39, 0.29) is 25.0 Å². The monoisotopic (exact) mass is 451 g/mol. The summed E-state index contributed by atoms with van der Waals surface area (Å²) in [7, 11) is 0. The third-order valence-corrected chi connectivity index (χ3v) is 6.61. The van der Waals surface area contributed by atoms with Crippen LogP contribution in [0.25, 0.3) is 0 Å². The van der Waals surface area contributed by atoms with Crippen molar-refractivity contribution in [3.8, 4) is 0 Å². The van der Waals surface area contributed by atoms with Crippen molar-refractivity contribution in [1.82, 2.24) is 9.88 Å². The zero-order valence-corrected chi connectivity index (χ0v) is 17.5. The summed E-state index contributed by atoms with van der Waals surface area (Å²) in [5.41, 5.74) is 0.267. The molecule has 0 N–H and O–H groups in total. The molecule has 1 aromatic heterocycles. The van der Waals surface area contributed by atoms with Gasteiger partial charge in [-0.25, -0.2) is 13.2 Å². The molecule has 2 aromatic carbocycles. The van der Waals surface area contributed by atoms with Gasteiger partial charge in [0.05, 0.1) is 22.7 Å². The SMILES string of the molecule is O=C(c1cc(F)c(F)cc1F)N1CCC2(CC1)C(=O)N(c1ccccc1)C2c1ccccn1. The molecular weight excluding hydrogens is 431 g/mol. The Labute approximate surface area is 188 Å². The van der Waals surface area contributed by atoms with Crippen LogP contribution in [0.1, 0.15) is 34.9 Å². The van der Waals surface area contributed by atoms with Crippen LogP contribution < -0.4 is 4.90 Å². The van der Waals surface area contributed by atoms with Gasteiger partial charge in [0.2, 0.25) is 5.91 Å². The van der Waals surface area contributed by atoms with Crippen molar-refractivity contribution in [1.29, 1.82) is 0 Å². The average Bonchev–Trinajstić information content (AvgIpc) is 2.85. The second kappa shape index (κ2) is 8.03. The van der Waals surface area contributed by atoms with Crippen molar-refractivity contribution < 1.29 is 22.8 Å². The molecule has 0 saturated carbocycles. The Kier molecular flexibility index (Phi) is 5.15. The van der Waals surface area contributed by atoms with Gasteiger partial charge in [0.25, 0.3) is 5.91 Å². The lowest BCUT2D eigenvalue weighted by Crippen LogP contribution is -2.67. The highest BCUT2D eigenvalue weighted by atomic mass is 19.2. The van der Waals surface area contributed by atoms with Crippen LogP contribution in [-0.4, -0.2) is 34.8 Å². The number of piperidine rings is 1. The molecule has 5 rings (SSSR count). The molecule has 2 saturated heterocycles. The summed E-state index contributed by atoms with van der Waals surface area (Å²) in [5, 5.41) is 0. The topological polar surface area (TPSA) is 53.5 Å². The Bertz CT molecular complexity index is 1210. The Hall–Kier alpha value is -3.68. The molecule has 2 aliphatic heterocycles. The third-order valence-electron chi connectivity index (χ3n) is 6.61. The lowest BCUT2D eigenvalue weighted by molar-refractivity contribution is -0.144. The number of rotatable bonds is 3. The van der Waals surface area contributed by atoms with E-state index in [1.807, 2.05) is 42.5 Å². The Morgan fingerprint density at radius 1 is 0.909 bits per heavy atom. The highest BCUT2D eigenvalue weighted by molar-refractivity contribution is 6.06. The van der Waals surface area contributed by atoms with Gasteiger partial charge in [-0.15, -0.1) is 0 Å². The standard InChI is InChI=1S/C25H20F3N3O2/c26-18-15-20(28)19(27)14-17(18)23(32)30-12-9-25(10-13-30)22(21-8-4-5-11-29-21)31(24(25)33)16-6-2-1-3-7-16/h1-8,11,14-15,22H,9-10,12-13H2. The molecule has 1 spiro atoms. The van der Waals surface area contributed by atoms with Crippen LogP contribution in [0.5, 0.6) is 0 Å². The summed E-state index contributed by atoms with van der Waals surface area (Å²) in [6, 6.07) is 15.5. The van der Waals surface area contributed by atoms with E-state index in [0.29, 0.717) is 25.0 Å². The predicted octanol–water partition coefficient (Wildman–Crippen LogP) is 4.51. The molecule has 0 aliphatic carbocycles. The third kappa shape index (κ3) is 3.37. The Balaban J connectivity index is 1.41. The molecule has 1 unspecified atom stereocenters. The number of anilines is 1. The van der Waals surface area contributed by atoms with Gasteiger partial charge in [-0.1, -0.05) is 24.3 Å². The van der Waals surface area contributed by atoms with Crippen molar-refractivity contribution in [2.24, 2.45) is 5.41 Å². The van der Waals surface area contributed by atoms with Gasteiger partial charge >= 0.3 is 0 Å². The Morgan fingerprint density at radius 2 is 1.58 bits per heavy atom. The van der Waals surface area contributed by atoms with Gasteiger partial charge in [0.15, 0.2) is 11.6 Å². The average molecular weight is 451 g/mol. The first-order chi connectivity index (χ1) is 15.9. The molecule has 3 heterocycles. The van der Waals surface area contributed by atoms with Crippen molar-refractivity contribution >= 4 is 17.5 Å². The van der Waals surface area contributed by atoms with Crippen molar-refractivity contribution in [2.75, 3.05) is 18.0 Å². The lowest BCUT2D eigenvalue weighted by Gasteiger charge is -2.58. The molecule has 2 amide bonds. The number of carbonyl (C=O) groups excluding carboxylic acids is 2. The highest BCUT2D eigenvalue weighted by Crippen LogP contribution is 2.57. The van der Waals surface area contributed by atoms with E-state index in [1.54, 1.807) is 17.2 Å². The number of hydrogen-bond donors (Lipinski definition) is 0. The number of hydrogen-bond acceptors (Lipinski definition) is 3. The maximum absolute atomic E-state index is 14.1. The molecule has 33 heavy (non-hydrogen) atoms. The van der Waals surface area contributed by atoms with Crippen molar-refractivity contribution in [2.45, 2.75) is 18.9 Å². The Morgan fingerprint density at radius 3 is 2.24 bits per heavy atom. The lowest BCUT2D eigenvalue weighted by atomic mass is 9.63. The minimum absolute atomic E-state index is 0.0459. The zero-order valence-electron chi connectivity index (χ0n) is 17.5.